The van der Waals surface area contributed by atoms with E-state index < -0.39 is 6.10 Å². The quantitative estimate of drug-likeness (QED) is 0.673. The second-order valence-electron chi connectivity index (χ2n) is 4.87. The normalized spacial score (nSPS) is 14.4. The molecule has 0 aliphatic carbocycles. The van der Waals surface area contributed by atoms with Crippen LogP contribution in [0.5, 0.6) is 5.75 Å². The first-order chi connectivity index (χ1) is 9.08. The molecule has 19 heavy (non-hydrogen) atoms. The highest BCUT2D eigenvalue weighted by Crippen LogP contribution is 2.22. The van der Waals surface area contributed by atoms with Crippen molar-refractivity contribution in [3.63, 3.8) is 0 Å². The van der Waals surface area contributed by atoms with Crippen LogP contribution in [0.2, 0.25) is 0 Å². The molecule has 0 aromatic heterocycles. The molecule has 4 nitrogen and oxygen atoms in total. The minimum atomic E-state index is -0.579. The summed E-state index contributed by atoms with van der Waals surface area (Å²) in [5, 5.41) is 22.3. The van der Waals surface area contributed by atoms with Gasteiger partial charge in [0, 0.05) is 12.6 Å². The molecular weight excluding hydrogens is 242 g/mol. The van der Waals surface area contributed by atoms with Crippen LogP contribution in [-0.2, 0) is 0 Å². The van der Waals surface area contributed by atoms with E-state index in [1.54, 1.807) is 0 Å². The molecule has 0 radical (unpaired) electrons. The summed E-state index contributed by atoms with van der Waals surface area (Å²) in [6.07, 6.45) is 0.362. The molecule has 108 valence electrons. The zero-order valence-corrected chi connectivity index (χ0v) is 12.0. The highest BCUT2D eigenvalue weighted by molar-refractivity contribution is 5.29. The first-order valence-corrected chi connectivity index (χ1v) is 6.87. The molecule has 1 rings (SSSR count). The molecule has 0 heterocycles. The number of hydrogen-bond donors (Lipinski definition) is 3. The summed E-state index contributed by atoms with van der Waals surface area (Å²) in [7, 11) is 0. The van der Waals surface area contributed by atoms with Gasteiger partial charge in [0.1, 0.15) is 5.75 Å². The van der Waals surface area contributed by atoms with E-state index in [0.29, 0.717) is 6.54 Å². The van der Waals surface area contributed by atoms with Crippen LogP contribution in [0.15, 0.2) is 24.3 Å². The lowest BCUT2D eigenvalue weighted by molar-refractivity contribution is 0.122. The van der Waals surface area contributed by atoms with Gasteiger partial charge in [0.05, 0.1) is 18.8 Å². The predicted octanol–water partition coefficient (Wildman–Crippen LogP) is 1.87. The Balaban J connectivity index is 2.67. The largest absolute Gasteiger partial charge is 0.491 e. The van der Waals surface area contributed by atoms with Crippen LogP contribution in [-0.4, -0.2) is 35.5 Å². The van der Waals surface area contributed by atoms with E-state index in [2.05, 4.69) is 5.32 Å². The number of aliphatic hydroxyl groups excluding tert-OH is 2. The van der Waals surface area contributed by atoms with Crippen molar-refractivity contribution in [2.24, 2.45) is 0 Å². The third-order valence-corrected chi connectivity index (χ3v) is 2.93. The third-order valence-electron chi connectivity index (χ3n) is 2.93. The molecule has 0 bridgehead atoms. The number of rotatable bonds is 8. The van der Waals surface area contributed by atoms with Crippen LogP contribution in [0.3, 0.4) is 0 Å². The molecule has 2 unspecified atom stereocenters. The minimum absolute atomic E-state index is 0.0518. The van der Waals surface area contributed by atoms with E-state index >= 15 is 0 Å². The standard InChI is InChI=1S/C15H25NO3/c1-4-14(16-9-10-17)15(18)12-5-7-13(8-6-12)19-11(2)3/h5-8,11,14-18H,4,9-10H2,1-3H3. The summed E-state index contributed by atoms with van der Waals surface area (Å²) < 4.78 is 5.57. The molecule has 0 amide bonds. The average molecular weight is 267 g/mol. The summed E-state index contributed by atoms with van der Waals surface area (Å²) in [5.74, 6) is 0.808. The van der Waals surface area contributed by atoms with Crippen LogP contribution >= 0.6 is 0 Å². The Morgan fingerprint density at radius 3 is 2.32 bits per heavy atom. The van der Waals surface area contributed by atoms with E-state index in [4.69, 9.17) is 9.84 Å². The maximum absolute atomic E-state index is 10.3. The lowest BCUT2D eigenvalue weighted by atomic mass is 10.00. The summed E-state index contributed by atoms with van der Waals surface area (Å²) in [6.45, 7) is 6.53. The molecule has 0 saturated carbocycles. The summed E-state index contributed by atoms with van der Waals surface area (Å²) >= 11 is 0. The van der Waals surface area contributed by atoms with Crippen molar-refractivity contribution in [3.05, 3.63) is 29.8 Å². The lowest BCUT2D eigenvalue weighted by Gasteiger charge is -2.23. The van der Waals surface area contributed by atoms with E-state index in [1.165, 1.54) is 0 Å². The molecule has 4 heteroatoms. The van der Waals surface area contributed by atoms with Gasteiger partial charge in [-0.05, 0) is 38.0 Å². The maximum Gasteiger partial charge on any atom is 0.119 e. The van der Waals surface area contributed by atoms with Gasteiger partial charge in [-0.1, -0.05) is 19.1 Å². The van der Waals surface area contributed by atoms with Gasteiger partial charge in [-0.3, -0.25) is 0 Å². The van der Waals surface area contributed by atoms with Gasteiger partial charge >= 0.3 is 0 Å². The molecule has 0 saturated heterocycles. The molecule has 0 aliphatic heterocycles. The first kappa shape index (κ1) is 16.0. The van der Waals surface area contributed by atoms with Crippen LogP contribution < -0.4 is 10.1 Å². The maximum atomic E-state index is 10.3. The van der Waals surface area contributed by atoms with Crippen molar-refractivity contribution in [2.75, 3.05) is 13.2 Å². The van der Waals surface area contributed by atoms with Gasteiger partial charge in [-0.25, -0.2) is 0 Å². The van der Waals surface area contributed by atoms with Crippen molar-refractivity contribution in [1.82, 2.24) is 5.32 Å². The van der Waals surface area contributed by atoms with Crippen molar-refractivity contribution >= 4 is 0 Å². The number of nitrogens with one attached hydrogen (secondary N) is 1. The molecular formula is C15H25NO3. The van der Waals surface area contributed by atoms with E-state index in [0.717, 1.165) is 17.7 Å². The highest BCUT2D eigenvalue weighted by Gasteiger charge is 2.18. The number of ether oxygens (including phenoxy) is 1. The van der Waals surface area contributed by atoms with Gasteiger partial charge in [-0.2, -0.15) is 0 Å². The molecule has 3 N–H and O–H groups in total. The van der Waals surface area contributed by atoms with Crippen LogP contribution in [0, 0.1) is 0 Å². The lowest BCUT2D eigenvalue weighted by Crippen LogP contribution is -2.36. The highest BCUT2D eigenvalue weighted by atomic mass is 16.5. The fourth-order valence-electron chi connectivity index (χ4n) is 1.98. The fourth-order valence-corrected chi connectivity index (χ4v) is 1.98. The fraction of sp³-hybridized carbons (Fsp3) is 0.600. The monoisotopic (exact) mass is 267 g/mol. The SMILES string of the molecule is CCC(NCCO)C(O)c1ccc(OC(C)C)cc1. The molecule has 2 atom stereocenters. The van der Waals surface area contributed by atoms with Crippen molar-refractivity contribution < 1.29 is 14.9 Å². The van der Waals surface area contributed by atoms with E-state index in [1.807, 2.05) is 45.0 Å². The zero-order chi connectivity index (χ0) is 14.3. The van der Waals surface area contributed by atoms with Crippen LogP contribution in [0.25, 0.3) is 0 Å². The van der Waals surface area contributed by atoms with Gasteiger partial charge in [-0.15, -0.1) is 0 Å². The first-order valence-electron chi connectivity index (χ1n) is 6.87. The van der Waals surface area contributed by atoms with Crippen LogP contribution in [0.4, 0.5) is 0 Å². The Morgan fingerprint density at radius 1 is 1.21 bits per heavy atom. The second kappa shape index (κ2) is 8.15. The smallest absolute Gasteiger partial charge is 0.119 e. The third kappa shape index (κ3) is 5.19. The second-order valence-corrected chi connectivity index (χ2v) is 4.87. The Bertz CT molecular complexity index is 351. The van der Waals surface area contributed by atoms with Gasteiger partial charge < -0.3 is 20.3 Å². The predicted molar refractivity (Wildman–Crippen MR) is 76.3 cm³/mol. The summed E-state index contributed by atoms with van der Waals surface area (Å²) in [6, 6.07) is 7.45. The van der Waals surface area contributed by atoms with Gasteiger partial charge in [0.25, 0.3) is 0 Å². The van der Waals surface area contributed by atoms with Gasteiger partial charge in [0.2, 0.25) is 0 Å². The Hall–Kier alpha value is -1.10. The van der Waals surface area contributed by atoms with E-state index in [9.17, 15) is 5.11 Å². The molecule has 0 fully saturated rings. The molecule has 1 aromatic carbocycles. The topological polar surface area (TPSA) is 61.7 Å². The van der Waals surface area contributed by atoms with E-state index in [-0.39, 0.29) is 18.8 Å². The van der Waals surface area contributed by atoms with Gasteiger partial charge in [0.15, 0.2) is 0 Å². The number of aliphatic hydroxyl groups is 2. The Kier molecular flexibility index (Phi) is 6.84. The Labute approximate surface area is 115 Å². The Morgan fingerprint density at radius 2 is 1.84 bits per heavy atom. The average Bonchev–Trinajstić information content (AvgIpc) is 2.39. The molecule has 0 spiro atoms. The van der Waals surface area contributed by atoms with Crippen molar-refractivity contribution in [2.45, 2.75) is 45.4 Å². The van der Waals surface area contributed by atoms with Crippen molar-refractivity contribution in [1.29, 1.82) is 0 Å². The summed E-state index contributed by atoms with van der Waals surface area (Å²) in [5.41, 5.74) is 0.855. The molecule has 1 aromatic rings. The zero-order valence-electron chi connectivity index (χ0n) is 12.0. The molecule has 0 aliphatic rings. The van der Waals surface area contributed by atoms with Crippen LogP contribution in [0.1, 0.15) is 38.9 Å². The summed E-state index contributed by atoms with van der Waals surface area (Å²) in [4.78, 5) is 0. The minimum Gasteiger partial charge on any atom is -0.491 e. The van der Waals surface area contributed by atoms with Crippen molar-refractivity contribution in [3.8, 4) is 5.75 Å². The number of hydrogen-bond acceptors (Lipinski definition) is 4. The number of benzene rings is 1.